The van der Waals surface area contributed by atoms with Crippen molar-refractivity contribution in [3.63, 3.8) is 0 Å². The third-order valence-electron chi connectivity index (χ3n) is 3.13. The van der Waals surface area contributed by atoms with Crippen LogP contribution in [0.3, 0.4) is 0 Å². The zero-order valence-corrected chi connectivity index (χ0v) is 11.3. The molecule has 0 rings (SSSR count). The van der Waals surface area contributed by atoms with Gasteiger partial charge in [-0.25, -0.2) is 4.79 Å². The summed E-state index contributed by atoms with van der Waals surface area (Å²) < 4.78 is 5.14. The molecule has 5 heteroatoms. The molecule has 0 aromatic heterocycles. The zero-order chi connectivity index (χ0) is 13.7. The van der Waals surface area contributed by atoms with Crippen LogP contribution >= 0.6 is 0 Å². The smallest absolute Gasteiger partial charge is 0.329 e. The first-order chi connectivity index (χ1) is 7.73. The van der Waals surface area contributed by atoms with E-state index in [4.69, 9.17) is 4.74 Å². The number of rotatable bonds is 7. The van der Waals surface area contributed by atoms with Gasteiger partial charge in [-0.3, -0.25) is 4.79 Å². The summed E-state index contributed by atoms with van der Waals surface area (Å²) in [7, 11) is 1.53. The SMILES string of the molecule is CCC(CC)(NC(=O)CC(C)(C)OC)C(=O)O. The number of hydrogen-bond donors (Lipinski definition) is 2. The Labute approximate surface area is 103 Å². The fraction of sp³-hybridized carbons (Fsp3) is 0.833. The third-order valence-corrected chi connectivity index (χ3v) is 3.13. The lowest BCUT2D eigenvalue weighted by molar-refractivity contribution is -0.149. The lowest BCUT2D eigenvalue weighted by Gasteiger charge is -2.30. The molecule has 2 N–H and O–H groups in total. The maximum atomic E-state index is 11.8. The Morgan fingerprint density at radius 2 is 1.71 bits per heavy atom. The van der Waals surface area contributed by atoms with Gasteiger partial charge in [0, 0.05) is 7.11 Å². The predicted molar refractivity (Wildman–Crippen MR) is 64.8 cm³/mol. The second kappa shape index (κ2) is 6.00. The number of aliphatic carboxylic acids is 1. The van der Waals surface area contributed by atoms with Gasteiger partial charge in [-0.15, -0.1) is 0 Å². The molecule has 0 unspecified atom stereocenters. The summed E-state index contributed by atoms with van der Waals surface area (Å²) in [5.41, 5.74) is -1.75. The second-order valence-electron chi connectivity index (χ2n) is 4.78. The quantitative estimate of drug-likeness (QED) is 0.713. The summed E-state index contributed by atoms with van der Waals surface area (Å²) in [6.07, 6.45) is 0.856. The number of hydrogen-bond acceptors (Lipinski definition) is 3. The number of amides is 1. The molecule has 1 amide bonds. The first-order valence-electron chi connectivity index (χ1n) is 5.82. The zero-order valence-electron chi connectivity index (χ0n) is 11.3. The van der Waals surface area contributed by atoms with E-state index in [0.29, 0.717) is 12.8 Å². The molecule has 0 atom stereocenters. The summed E-state index contributed by atoms with van der Waals surface area (Å²) in [5, 5.41) is 11.8. The lowest BCUT2D eigenvalue weighted by atomic mass is 9.92. The molecule has 0 aliphatic carbocycles. The van der Waals surface area contributed by atoms with E-state index in [-0.39, 0.29) is 12.3 Å². The van der Waals surface area contributed by atoms with E-state index in [9.17, 15) is 14.7 Å². The van der Waals surface area contributed by atoms with Crippen molar-refractivity contribution < 1.29 is 19.4 Å². The highest BCUT2D eigenvalue weighted by atomic mass is 16.5. The normalized spacial score (nSPS) is 12.3. The second-order valence-corrected chi connectivity index (χ2v) is 4.78. The van der Waals surface area contributed by atoms with Crippen LogP contribution < -0.4 is 5.32 Å². The van der Waals surface area contributed by atoms with Gasteiger partial charge in [-0.2, -0.15) is 0 Å². The Morgan fingerprint density at radius 3 is 2.00 bits per heavy atom. The number of methoxy groups -OCH3 is 1. The molecular formula is C12H23NO4. The van der Waals surface area contributed by atoms with Gasteiger partial charge in [0.05, 0.1) is 12.0 Å². The van der Waals surface area contributed by atoms with Gasteiger partial charge in [0.1, 0.15) is 5.54 Å². The van der Waals surface area contributed by atoms with Crippen LogP contribution in [0, 0.1) is 0 Å². The van der Waals surface area contributed by atoms with Crippen LogP contribution in [0.1, 0.15) is 47.0 Å². The largest absolute Gasteiger partial charge is 0.480 e. The topological polar surface area (TPSA) is 75.6 Å². The number of nitrogens with one attached hydrogen (secondary N) is 1. The summed E-state index contributed by atoms with van der Waals surface area (Å²) >= 11 is 0. The Kier molecular flexibility index (Phi) is 5.61. The highest BCUT2D eigenvalue weighted by Crippen LogP contribution is 2.18. The van der Waals surface area contributed by atoms with Crippen LogP contribution in [0.4, 0.5) is 0 Å². The van der Waals surface area contributed by atoms with E-state index in [2.05, 4.69) is 5.32 Å². The van der Waals surface area contributed by atoms with Crippen molar-refractivity contribution in [2.24, 2.45) is 0 Å². The summed E-state index contributed by atoms with van der Waals surface area (Å²) in [6.45, 7) is 7.07. The predicted octanol–water partition coefficient (Wildman–Crippen LogP) is 1.56. The highest BCUT2D eigenvalue weighted by molar-refractivity contribution is 5.87. The van der Waals surface area contributed by atoms with Crippen molar-refractivity contribution in [2.45, 2.75) is 58.1 Å². The minimum Gasteiger partial charge on any atom is -0.480 e. The molecule has 0 bridgehead atoms. The standard InChI is InChI=1S/C12H23NO4/c1-6-12(7-2,10(15)16)13-9(14)8-11(3,4)17-5/h6-8H2,1-5H3,(H,13,14)(H,15,16). The molecule has 0 aliphatic heterocycles. The molecule has 0 spiro atoms. The first-order valence-corrected chi connectivity index (χ1v) is 5.82. The van der Waals surface area contributed by atoms with Gasteiger partial charge in [0.25, 0.3) is 0 Å². The Balaban J connectivity index is 4.69. The fourth-order valence-electron chi connectivity index (χ4n) is 1.55. The van der Waals surface area contributed by atoms with Crippen LogP contribution in [-0.2, 0) is 14.3 Å². The average molecular weight is 245 g/mol. The Bertz CT molecular complexity index is 282. The molecule has 0 aromatic rings. The van der Waals surface area contributed by atoms with Crippen molar-refractivity contribution in [1.29, 1.82) is 0 Å². The van der Waals surface area contributed by atoms with E-state index >= 15 is 0 Å². The minimum absolute atomic E-state index is 0.137. The van der Waals surface area contributed by atoms with E-state index < -0.39 is 17.1 Å². The molecule has 0 heterocycles. The summed E-state index contributed by atoms with van der Waals surface area (Å²) in [6, 6.07) is 0. The van der Waals surface area contributed by atoms with E-state index in [0.717, 1.165) is 0 Å². The number of carboxylic acids is 1. The molecule has 100 valence electrons. The van der Waals surface area contributed by atoms with Crippen molar-refractivity contribution in [2.75, 3.05) is 7.11 Å². The molecule has 0 saturated heterocycles. The van der Waals surface area contributed by atoms with Crippen molar-refractivity contribution in [3.05, 3.63) is 0 Å². The monoisotopic (exact) mass is 245 g/mol. The van der Waals surface area contributed by atoms with Crippen molar-refractivity contribution >= 4 is 11.9 Å². The molecule has 0 fully saturated rings. The van der Waals surface area contributed by atoms with Crippen LogP contribution in [0.5, 0.6) is 0 Å². The van der Waals surface area contributed by atoms with Crippen LogP contribution in [0.15, 0.2) is 0 Å². The summed E-state index contributed by atoms with van der Waals surface area (Å²) in [4.78, 5) is 23.0. The maximum Gasteiger partial charge on any atom is 0.329 e. The van der Waals surface area contributed by atoms with Gasteiger partial charge in [-0.05, 0) is 26.7 Å². The van der Waals surface area contributed by atoms with Crippen LogP contribution in [-0.4, -0.2) is 35.2 Å². The third kappa shape index (κ3) is 4.34. The van der Waals surface area contributed by atoms with Gasteiger partial charge in [-0.1, -0.05) is 13.8 Å². The number of carboxylic acid groups (broad SMARTS) is 1. The molecule has 0 aromatic carbocycles. The molecule has 0 radical (unpaired) electrons. The summed E-state index contributed by atoms with van der Waals surface area (Å²) in [5.74, 6) is -1.30. The van der Waals surface area contributed by atoms with Gasteiger partial charge >= 0.3 is 5.97 Å². The highest BCUT2D eigenvalue weighted by Gasteiger charge is 2.37. The first kappa shape index (κ1) is 15.9. The van der Waals surface area contributed by atoms with Gasteiger partial charge < -0.3 is 15.2 Å². The molecule has 17 heavy (non-hydrogen) atoms. The maximum absolute atomic E-state index is 11.8. The number of ether oxygens (including phenoxy) is 1. The van der Waals surface area contributed by atoms with Crippen molar-refractivity contribution in [3.8, 4) is 0 Å². The minimum atomic E-state index is -1.17. The number of carbonyl (C=O) groups excluding carboxylic acids is 1. The van der Waals surface area contributed by atoms with E-state index in [1.807, 2.05) is 0 Å². The number of carbonyl (C=O) groups is 2. The average Bonchev–Trinajstić information content (AvgIpc) is 2.25. The van der Waals surface area contributed by atoms with E-state index in [1.165, 1.54) is 7.11 Å². The van der Waals surface area contributed by atoms with Crippen LogP contribution in [0.25, 0.3) is 0 Å². The lowest BCUT2D eigenvalue weighted by Crippen LogP contribution is -2.54. The Hall–Kier alpha value is -1.10. The fourth-order valence-corrected chi connectivity index (χ4v) is 1.55. The molecule has 5 nitrogen and oxygen atoms in total. The van der Waals surface area contributed by atoms with E-state index in [1.54, 1.807) is 27.7 Å². The van der Waals surface area contributed by atoms with Gasteiger partial charge in [0.2, 0.25) is 5.91 Å². The Morgan fingerprint density at radius 1 is 1.24 bits per heavy atom. The van der Waals surface area contributed by atoms with Crippen LogP contribution in [0.2, 0.25) is 0 Å². The molecule has 0 aliphatic rings. The molecular weight excluding hydrogens is 222 g/mol. The van der Waals surface area contributed by atoms with Crippen molar-refractivity contribution in [1.82, 2.24) is 5.32 Å². The molecule has 0 saturated carbocycles. The van der Waals surface area contributed by atoms with Gasteiger partial charge in [0.15, 0.2) is 0 Å².